The van der Waals surface area contributed by atoms with Crippen LogP contribution in [0.3, 0.4) is 0 Å². The monoisotopic (exact) mass is 301 g/mol. The lowest BCUT2D eigenvalue weighted by molar-refractivity contribution is -0.149. The molecule has 3 fully saturated rings. The minimum Gasteiger partial charge on any atom is -0.481 e. The van der Waals surface area contributed by atoms with Crippen LogP contribution >= 0.6 is 0 Å². The lowest BCUT2D eigenvalue weighted by Crippen LogP contribution is -2.38. The lowest BCUT2D eigenvalue weighted by Gasteiger charge is -2.23. The Morgan fingerprint density at radius 1 is 1.35 bits per heavy atom. The van der Waals surface area contributed by atoms with Gasteiger partial charge >= 0.3 is 5.97 Å². The third kappa shape index (κ3) is 2.26. The summed E-state index contributed by atoms with van der Waals surface area (Å²) in [4.78, 5) is 11.6. The van der Waals surface area contributed by atoms with Crippen molar-refractivity contribution in [3.63, 3.8) is 0 Å². The van der Waals surface area contributed by atoms with Crippen LogP contribution in [0.5, 0.6) is 0 Å². The molecule has 1 saturated heterocycles. The highest BCUT2D eigenvalue weighted by Crippen LogP contribution is 2.51. The Balaban J connectivity index is 1.71. The highest BCUT2D eigenvalue weighted by atomic mass is 32.2. The minimum atomic E-state index is -3.30. The van der Waals surface area contributed by atoms with E-state index >= 15 is 0 Å². The molecule has 0 aromatic heterocycles. The first-order chi connectivity index (χ1) is 9.28. The summed E-state index contributed by atoms with van der Waals surface area (Å²) in [5, 5.41) is 9.51. The number of fused-ring (bicyclic) bond motifs is 1. The average Bonchev–Trinajstić information content (AvgIpc) is 2.82. The fraction of sp³-hybridized carbons (Fsp3) is 0.929. The van der Waals surface area contributed by atoms with Gasteiger partial charge in [-0.1, -0.05) is 13.3 Å². The van der Waals surface area contributed by atoms with Crippen LogP contribution in [0.25, 0.3) is 0 Å². The maximum Gasteiger partial charge on any atom is 0.311 e. The van der Waals surface area contributed by atoms with Gasteiger partial charge in [0.15, 0.2) is 0 Å². The molecule has 0 amide bonds. The summed E-state index contributed by atoms with van der Waals surface area (Å²) < 4.78 is 26.3. The molecule has 1 N–H and O–H groups in total. The normalized spacial score (nSPS) is 36.0. The fourth-order valence-electron chi connectivity index (χ4n) is 3.77. The summed E-state index contributed by atoms with van der Waals surface area (Å²) in [7, 11) is -3.30. The maximum absolute atomic E-state index is 12.4. The van der Waals surface area contributed by atoms with E-state index in [1.165, 1.54) is 4.31 Å². The molecule has 1 heterocycles. The highest BCUT2D eigenvalue weighted by molar-refractivity contribution is 7.89. The molecule has 2 saturated carbocycles. The van der Waals surface area contributed by atoms with Crippen LogP contribution < -0.4 is 0 Å². The summed E-state index contributed by atoms with van der Waals surface area (Å²) in [5.41, 5.74) is -0.594. The molecule has 0 radical (unpaired) electrons. The molecule has 0 aromatic rings. The third-order valence-electron chi connectivity index (χ3n) is 5.73. The summed E-state index contributed by atoms with van der Waals surface area (Å²) >= 11 is 0. The Morgan fingerprint density at radius 3 is 2.60 bits per heavy atom. The van der Waals surface area contributed by atoms with Gasteiger partial charge in [-0.25, -0.2) is 12.7 Å². The van der Waals surface area contributed by atoms with Crippen LogP contribution in [0.4, 0.5) is 0 Å². The average molecular weight is 301 g/mol. The Labute approximate surface area is 120 Å². The van der Waals surface area contributed by atoms with Gasteiger partial charge in [0.05, 0.1) is 11.2 Å². The molecule has 0 bridgehead atoms. The van der Waals surface area contributed by atoms with Gasteiger partial charge in [0, 0.05) is 13.1 Å². The molecule has 2 aliphatic carbocycles. The second kappa shape index (κ2) is 4.44. The number of carboxylic acid groups (broad SMARTS) is 1. The Kier molecular flexibility index (Phi) is 3.18. The number of rotatable bonds is 5. The molecular formula is C14H23NO4S. The quantitative estimate of drug-likeness (QED) is 0.838. The maximum atomic E-state index is 12.4. The van der Waals surface area contributed by atoms with Crippen LogP contribution in [-0.2, 0) is 14.8 Å². The topological polar surface area (TPSA) is 74.7 Å². The number of hydrogen-bond acceptors (Lipinski definition) is 3. The molecule has 3 rings (SSSR count). The molecule has 20 heavy (non-hydrogen) atoms. The smallest absolute Gasteiger partial charge is 0.311 e. The largest absolute Gasteiger partial charge is 0.481 e. The molecule has 5 nitrogen and oxygen atoms in total. The fourth-order valence-corrected chi connectivity index (χ4v) is 5.62. The van der Waals surface area contributed by atoms with Crippen molar-refractivity contribution in [3.05, 3.63) is 0 Å². The molecular weight excluding hydrogens is 278 g/mol. The van der Waals surface area contributed by atoms with Crippen molar-refractivity contribution in [1.82, 2.24) is 4.31 Å². The van der Waals surface area contributed by atoms with Crippen molar-refractivity contribution < 1.29 is 18.3 Å². The van der Waals surface area contributed by atoms with E-state index in [0.29, 0.717) is 19.4 Å². The molecule has 3 aliphatic rings. The van der Waals surface area contributed by atoms with Gasteiger partial charge in [-0.15, -0.1) is 0 Å². The highest BCUT2D eigenvalue weighted by Gasteiger charge is 2.57. The SMILES string of the molecule is CC1(CCS(=O)(=O)N2C[C@@H]3CCC[C@@]3(C(=O)O)C2)CC1. The van der Waals surface area contributed by atoms with Crippen LogP contribution in [0.15, 0.2) is 0 Å². The van der Waals surface area contributed by atoms with Gasteiger partial charge in [0.1, 0.15) is 0 Å². The first-order valence-electron chi connectivity index (χ1n) is 7.49. The van der Waals surface area contributed by atoms with Gasteiger partial charge in [0.25, 0.3) is 0 Å². The van der Waals surface area contributed by atoms with E-state index < -0.39 is 21.4 Å². The number of carbonyl (C=O) groups is 1. The van der Waals surface area contributed by atoms with Crippen molar-refractivity contribution in [2.24, 2.45) is 16.7 Å². The molecule has 2 atom stereocenters. The minimum absolute atomic E-state index is 0.00582. The predicted octanol–water partition coefficient (Wildman–Crippen LogP) is 1.69. The second-order valence-electron chi connectivity index (χ2n) is 7.22. The van der Waals surface area contributed by atoms with Crippen molar-refractivity contribution in [2.75, 3.05) is 18.8 Å². The number of sulfonamides is 1. The number of hydrogen-bond donors (Lipinski definition) is 1. The van der Waals surface area contributed by atoms with Crippen LogP contribution in [0.2, 0.25) is 0 Å². The molecule has 0 unspecified atom stereocenters. The van der Waals surface area contributed by atoms with Gasteiger partial charge in [-0.3, -0.25) is 4.79 Å². The van der Waals surface area contributed by atoms with Crippen molar-refractivity contribution >= 4 is 16.0 Å². The van der Waals surface area contributed by atoms with E-state index in [4.69, 9.17) is 0 Å². The Hall–Kier alpha value is -0.620. The molecule has 0 spiro atoms. The van der Waals surface area contributed by atoms with E-state index in [0.717, 1.165) is 25.7 Å². The zero-order chi connectivity index (χ0) is 14.6. The van der Waals surface area contributed by atoms with Crippen LogP contribution in [0.1, 0.15) is 45.4 Å². The second-order valence-corrected chi connectivity index (χ2v) is 9.31. The van der Waals surface area contributed by atoms with Gasteiger partial charge in [-0.05, 0) is 43.4 Å². The third-order valence-corrected chi connectivity index (χ3v) is 7.51. The summed E-state index contributed by atoms with van der Waals surface area (Å²) in [5.74, 6) is -0.635. The summed E-state index contributed by atoms with van der Waals surface area (Å²) in [6, 6.07) is 0. The van der Waals surface area contributed by atoms with Crippen LogP contribution in [-0.4, -0.2) is 42.6 Å². The Morgan fingerprint density at radius 2 is 2.05 bits per heavy atom. The van der Waals surface area contributed by atoms with E-state index in [-0.39, 0.29) is 23.6 Å². The molecule has 0 aromatic carbocycles. The summed E-state index contributed by atoms with van der Waals surface area (Å²) in [6.45, 7) is 2.72. The van der Waals surface area contributed by atoms with Gasteiger partial charge in [0.2, 0.25) is 10.0 Å². The number of carboxylic acids is 1. The van der Waals surface area contributed by atoms with E-state index in [2.05, 4.69) is 6.92 Å². The first-order valence-corrected chi connectivity index (χ1v) is 9.10. The van der Waals surface area contributed by atoms with Gasteiger partial charge in [-0.2, -0.15) is 0 Å². The Bertz CT molecular complexity index is 525. The lowest BCUT2D eigenvalue weighted by atomic mass is 9.81. The number of nitrogens with zero attached hydrogens (tertiary/aromatic N) is 1. The molecule has 6 heteroatoms. The van der Waals surface area contributed by atoms with Gasteiger partial charge < -0.3 is 5.11 Å². The number of aliphatic carboxylic acids is 1. The van der Waals surface area contributed by atoms with E-state index in [9.17, 15) is 18.3 Å². The van der Waals surface area contributed by atoms with E-state index in [1.54, 1.807) is 0 Å². The standard InChI is InChI=1S/C14H23NO4S/c1-13(5-6-13)7-8-20(18,19)15-9-11-3-2-4-14(11,10-15)12(16)17/h11H,2-10H2,1H3,(H,16,17)/t11-,14+/m0/s1. The van der Waals surface area contributed by atoms with Crippen LogP contribution in [0, 0.1) is 16.7 Å². The van der Waals surface area contributed by atoms with Crippen molar-refractivity contribution in [2.45, 2.75) is 45.4 Å². The zero-order valence-electron chi connectivity index (χ0n) is 12.0. The van der Waals surface area contributed by atoms with E-state index in [1.807, 2.05) is 0 Å². The van der Waals surface area contributed by atoms with Crippen molar-refractivity contribution in [3.8, 4) is 0 Å². The molecule has 114 valence electrons. The molecule has 1 aliphatic heterocycles. The zero-order valence-corrected chi connectivity index (χ0v) is 12.8. The van der Waals surface area contributed by atoms with Crippen molar-refractivity contribution in [1.29, 1.82) is 0 Å². The first kappa shape index (κ1) is 14.3. The predicted molar refractivity (Wildman–Crippen MR) is 74.7 cm³/mol. The summed E-state index contributed by atoms with van der Waals surface area (Å²) in [6.07, 6.45) is 5.31.